The smallest absolute Gasteiger partial charge is 0.258 e. The first-order valence-corrected chi connectivity index (χ1v) is 9.38. The van der Waals surface area contributed by atoms with E-state index in [0.29, 0.717) is 6.54 Å². The van der Waals surface area contributed by atoms with E-state index in [2.05, 4.69) is 37.1 Å². The van der Waals surface area contributed by atoms with Gasteiger partial charge in [-0.15, -0.1) is 0 Å². The molecule has 0 atom stereocenters. The van der Waals surface area contributed by atoms with E-state index in [9.17, 15) is 4.79 Å². The fourth-order valence-electron chi connectivity index (χ4n) is 3.72. The van der Waals surface area contributed by atoms with E-state index in [4.69, 9.17) is 0 Å². The molecule has 1 aliphatic rings. The van der Waals surface area contributed by atoms with Gasteiger partial charge in [-0.05, 0) is 54.4 Å². The van der Waals surface area contributed by atoms with Crippen LogP contribution in [0.4, 0.5) is 5.69 Å². The number of para-hydroxylation sites is 1. The van der Waals surface area contributed by atoms with Gasteiger partial charge in [-0.2, -0.15) is 0 Å². The summed E-state index contributed by atoms with van der Waals surface area (Å²) in [6.45, 7) is 4.54. The lowest BCUT2D eigenvalue weighted by Crippen LogP contribution is -2.35. The van der Waals surface area contributed by atoms with Crippen LogP contribution in [0.25, 0.3) is 11.1 Å². The van der Waals surface area contributed by atoms with Crippen molar-refractivity contribution in [2.45, 2.75) is 13.5 Å². The number of fused-ring (bicyclic) bond motifs is 1. The number of hydrogen-bond acceptors (Lipinski definition) is 2. The van der Waals surface area contributed by atoms with Crippen molar-refractivity contribution in [1.82, 2.24) is 4.90 Å². The molecule has 0 saturated carbocycles. The van der Waals surface area contributed by atoms with Crippen molar-refractivity contribution in [3.63, 3.8) is 0 Å². The van der Waals surface area contributed by atoms with Crippen molar-refractivity contribution in [1.29, 1.82) is 0 Å². The first-order valence-electron chi connectivity index (χ1n) is 9.38. The number of anilines is 1. The number of amides is 1. The molecular weight excluding hydrogens is 332 g/mol. The number of rotatable bonds is 2. The predicted octanol–water partition coefficient (Wildman–Crippen LogP) is 4.75. The number of hydrogen-bond donors (Lipinski definition) is 0. The van der Waals surface area contributed by atoms with Crippen LogP contribution in [0.3, 0.4) is 0 Å². The molecule has 1 amide bonds. The van der Waals surface area contributed by atoms with Gasteiger partial charge < -0.3 is 9.80 Å². The van der Waals surface area contributed by atoms with Gasteiger partial charge in [-0.3, -0.25) is 4.79 Å². The van der Waals surface area contributed by atoms with Crippen LogP contribution in [0.2, 0.25) is 0 Å². The van der Waals surface area contributed by atoms with Gasteiger partial charge in [0.1, 0.15) is 0 Å². The van der Waals surface area contributed by atoms with Crippen molar-refractivity contribution in [3.05, 3.63) is 89.5 Å². The van der Waals surface area contributed by atoms with Crippen LogP contribution in [-0.4, -0.2) is 30.9 Å². The lowest BCUT2D eigenvalue weighted by molar-refractivity contribution is 0.0986. The summed E-state index contributed by atoms with van der Waals surface area (Å²) in [5.74, 6) is 0.0640. The Hall–Kier alpha value is -2.91. The van der Waals surface area contributed by atoms with E-state index in [1.807, 2.05) is 59.5 Å². The van der Waals surface area contributed by atoms with E-state index in [1.54, 1.807) is 0 Å². The van der Waals surface area contributed by atoms with Gasteiger partial charge in [0.15, 0.2) is 0 Å². The Bertz CT molecular complexity index is 962. The molecule has 1 aliphatic heterocycles. The zero-order valence-corrected chi connectivity index (χ0v) is 15.9. The summed E-state index contributed by atoms with van der Waals surface area (Å²) in [5, 5.41) is 0. The second-order valence-corrected chi connectivity index (χ2v) is 7.22. The van der Waals surface area contributed by atoms with E-state index in [0.717, 1.165) is 29.9 Å². The molecule has 0 radical (unpaired) electrons. The van der Waals surface area contributed by atoms with Crippen molar-refractivity contribution < 1.29 is 4.79 Å². The zero-order valence-electron chi connectivity index (χ0n) is 15.9. The average molecular weight is 356 g/mol. The van der Waals surface area contributed by atoms with Gasteiger partial charge in [0.05, 0.1) is 0 Å². The Morgan fingerprint density at radius 1 is 0.852 bits per heavy atom. The largest absolute Gasteiger partial charge is 0.307 e. The van der Waals surface area contributed by atoms with Crippen molar-refractivity contribution in [2.75, 3.05) is 25.0 Å². The molecule has 0 spiro atoms. The molecule has 3 aromatic carbocycles. The zero-order chi connectivity index (χ0) is 18.8. The summed E-state index contributed by atoms with van der Waals surface area (Å²) in [6.07, 6.45) is 0. The summed E-state index contributed by atoms with van der Waals surface area (Å²) in [7, 11) is 2.10. The molecule has 3 nitrogen and oxygen atoms in total. The molecule has 0 aliphatic carbocycles. The quantitative estimate of drug-likeness (QED) is 0.661. The molecule has 3 heteroatoms. The molecule has 0 N–H and O–H groups in total. The molecule has 0 saturated heterocycles. The SMILES string of the molecule is Cc1ccccc1-c1ccc(C(=O)N2CCN(C)Cc3ccccc32)cc1. The molecule has 3 aromatic rings. The number of benzene rings is 3. The topological polar surface area (TPSA) is 23.6 Å². The van der Waals surface area contributed by atoms with Crippen LogP contribution in [-0.2, 0) is 6.54 Å². The van der Waals surface area contributed by atoms with E-state index in [1.165, 1.54) is 16.7 Å². The highest BCUT2D eigenvalue weighted by atomic mass is 16.2. The van der Waals surface area contributed by atoms with E-state index < -0.39 is 0 Å². The van der Waals surface area contributed by atoms with Gasteiger partial charge in [-0.25, -0.2) is 0 Å². The minimum atomic E-state index is 0.0640. The van der Waals surface area contributed by atoms with Crippen LogP contribution >= 0.6 is 0 Å². The molecule has 0 bridgehead atoms. The summed E-state index contributed by atoms with van der Waals surface area (Å²) in [5.41, 5.74) is 6.53. The second kappa shape index (κ2) is 7.37. The van der Waals surface area contributed by atoms with Crippen molar-refractivity contribution >= 4 is 11.6 Å². The molecule has 1 heterocycles. The molecule has 0 fully saturated rings. The Morgan fingerprint density at radius 2 is 1.56 bits per heavy atom. The third-order valence-electron chi connectivity index (χ3n) is 5.26. The molecular formula is C24H24N2O. The first kappa shape index (κ1) is 17.5. The fraction of sp³-hybridized carbons (Fsp3) is 0.208. The van der Waals surface area contributed by atoms with Crippen LogP contribution in [0.5, 0.6) is 0 Å². The van der Waals surface area contributed by atoms with Crippen molar-refractivity contribution in [2.24, 2.45) is 0 Å². The Labute approximate surface area is 160 Å². The van der Waals surface area contributed by atoms with E-state index >= 15 is 0 Å². The average Bonchev–Trinajstić information content (AvgIpc) is 2.86. The third-order valence-corrected chi connectivity index (χ3v) is 5.26. The van der Waals surface area contributed by atoms with Crippen LogP contribution in [0, 0.1) is 6.92 Å². The lowest BCUT2D eigenvalue weighted by atomic mass is 9.99. The monoisotopic (exact) mass is 356 g/mol. The minimum Gasteiger partial charge on any atom is -0.307 e. The third kappa shape index (κ3) is 3.51. The maximum absolute atomic E-state index is 13.2. The van der Waals surface area contributed by atoms with Gasteiger partial charge in [-0.1, -0.05) is 54.6 Å². The Balaban J connectivity index is 1.64. The highest BCUT2D eigenvalue weighted by Crippen LogP contribution is 2.27. The van der Waals surface area contributed by atoms with Crippen LogP contribution in [0.15, 0.2) is 72.8 Å². The number of carbonyl (C=O) groups is 1. The molecule has 0 aromatic heterocycles. The maximum Gasteiger partial charge on any atom is 0.258 e. The summed E-state index contributed by atoms with van der Waals surface area (Å²) >= 11 is 0. The normalized spacial score (nSPS) is 14.5. The summed E-state index contributed by atoms with van der Waals surface area (Å²) in [4.78, 5) is 17.4. The second-order valence-electron chi connectivity index (χ2n) is 7.22. The predicted molar refractivity (Wildman–Crippen MR) is 111 cm³/mol. The first-order chi connectivity index (χ1) is 13.1. The summed E-state index contributed by atoms with van der Waals surface area (Å²) in [6, 6.07) is 24.5. The fourth-order valence-corrected chi connectivity index (χ4v) is 3.72. The minimum absolute atomic E-state index is 0.0640. The van der Waals surface area contributed by atoms with Gasteiger partial charge >= 0.3 is 0 Å². The van der Waals surface area contributed by atoms with Gasteiger partial charge in [0, 0.05) is 30.9 Å². The number of carbonyl (C=O) groups excluding carboxylic acids is 1. The number of aryl methyl sites for hydroxylation is 1. The van der Waals surface area contributed by atoms with Crippen molar-refractivity contribution in [3.8, 4) is 11.1 Å². The lowest BCUT2D eigenvalue weighted by Gasteiger charge is -2.23. The Kier molecular flexibility index (Phi) is 4.78. The van der Waals surface area contributed by atoms with Gasteiger partial charge in [0.2, 0.25) is 0 Å². The standard InChI is InChI=1S/C24H24N2O/c1-18-7-3-5-9-22(18)19-11-13-20(14-12-19)24(27)26-16-15-25(2)17-21-8-4-6-10-23(21)26/h3-14H,15-17H2,1-2H3. The Morgan fingerprint density at radius 3 is 2.33 bits per heavy atom. The van der Waals surface area contributed by atoms with Crippen LogP contribution in [0.1, 0.15) is 21.5 Å². The molecule has 4 rings (SSSR count). The summed E-state index contributed by atoms with van der Waals surface area (Å²) < 4.78 is 0. The van der Waals surface area contributed by atoms with Gasteiger partial charge in [0.25, 0.3) is 5.91 Å². The molecule has 27 heavy (non-hydrogen) atoms. The van der Waals surface area contributed by atoms with Crippen LogP contribution < -0.4 is 4.90 Å². The number of likely N-dealkylation sites (N-methyl/N-ethyl adjacent to an activating group) is 1. The van der Waals surface area contributed by atoms with E-state index in [-0.39, 0.29) is 5.91 Å². The number of nitrogens with zero attached hydrogens (tertiary/aromatic N) is 2. The molecule has 136 valence electrons. The highest BCUT2D eigenvalue weighted by molar-refractivity contribution is 6.06. The highest BCUT2D eigenvalue weighted by Gasteiger charge is 2.23. The maximum atomic E-state index is 13.2. The molecule has 0 unspecified atom stereocenters.